The van der Waals surface area contributed by atoms with Crippen LogP contribution in [0.3, 0.4) is 0 Å². The number of unbranched alkanes of at least 4 members (excludes halogenated alkanes) is 6. The predicted octanol–water partition coefficient (Wildman–Crippen LogP) is 0.986. The van der Waals surface area contributed by atoms with Crippen molar-refractivity contribution < 1.29 is 69.5 Å². The van der Waals surface area contributed by atoms with Crippen LogP contribution in [0.1, 0.15) is 90.9 Å². The summed E-state index contributed by atoms with van der Waals surface area (Å²) < 4.78 is 33.5. The van der Waals surface area contributed by atoms with E-state index in [0.29, 0.717) is 25.7 Å². The van der Waals surface area contributed by atoms with Gasteiger partial charge in [0.2, 0.25) is 0 Å². The van der Waals surface area contributed by atoms with Crippen LogP contribution < -0.4 is 51.4 Å². The third-order valence-electron chi connectivity index (χ3n) is 4.00. The monoisotopic (exact) mass is 360 g/mol. The van der Waals surface area contributed by atoms with E-state index < -0.39 is 21.5 Å². The van der Waals surface area contributed by atoms with Gasteiger partial charge in [0.1, 0.15) is 0 Å². The van der Waals surface area contributed by atoms with Crippen molar-refractivity contribution in [2.45, 2.75) is 102 Å². The number of hydrogen-bond acceptors (Lipinski definition) is 4. The molecule has 0 fully saturated rings. The maximum atomic E-state index is 11.2. The van der Waals surface area contributed by atoms with Gasteiger partial charge in [-0.25, -0.2) is 8.42 Å². The largest absolute Gasteiger partial charge is 1.00 e. The predicted molar refractivity (Wildman–Crippen MR) is 86.2 cm³/mol. The van der Waals surface area contributed by atoms with Gasteiger partial charge in [-0.15, -0.1) is 0 Å². The van der Waals surface area contributed by atoms with E-state index >= 15 is 0 Å². The van der Waals surface area contributed by atoms with E-state index in [1.165, 1.54) is 25.7 Å². The molecule has 0 rings (SSSR count). The molecule has 0 bridgehead atoms. The molecule has 6 heteroatoms. The van der Waals surface area contributed by atoms with Crippen LogP contribution in [0.25, 0.3) is 0 Å². The van der Waals surface area contributed by atoms with Crippen LogP contribution in [0, 0.1) is 0 Å². The van der Waals surface area contributed by atoms with E-state index in [9.17, 15) is 18.1 Å². The maximum Gasteiger partial charge on any atom is 1.00 e. The Kier molecular flexibility index (Phi) is 18.7. The molecular formula is C16H33KO4S. The topological polar surface area (TPSA) is 77.4 Å². The summed E-state index contributed by atoms with van der Waals surface area (Å²) in [6.07, 6.45) is 10.1. The molecule has 2 atom stereocenters. The van der Waals surface area contributed by atoms with Gasteiger partial charge in [0.25, 0.3) is 0 Å². The van der Waals surface area contributed by atoms with Gasteiger partial charge in [-0.1, -0.05) is 65.2 Å². The van der Waals surface area contributed by atoms with E-state index in [2.05, 4.69) is 6.92 Å². The first-order chi connectivity index (χ1) is 9.91. The summed E-state index contributed by atoms with van der Waals surface area (Å²) in [5, 5.41) is 9.07. The molecule has 0 aromatic carbocycles. The van der Waals surface area contributed by atoms with Crippen LogP contribution in [0.4, 0.5) is 0 Å². The molecule has 128 valence electrons. The third kappa shape index (κ3) is 15.1. The molecule has 2 unspecified atom stereocenters. The smallest absolute Gasteiger partial charge is 0.748 e. The Morgan fingerprint density at radius 3 is 1.91 bits per heavy atom. The van der Waals surface area contributed by atoms with Crippen molar-refractivity contribution in [3.63, 3.8) is 0 Å². The minimum atomic E-state index is -4.23. The first-order valence-electron chi connectivity index (χ1n) is 8.54. The summed E-state index contributed by atoms with van der Waals surface area (Å²) in [5.41, 5.74) is 0. The fourth-order valence-electron chi connectivity index (χ4n) is 2.55. The molecule has 0 aromatic rings. The summed E-state index contributed by atoms with van der Waals surface area (Å²) >= 11 is 0. The van der Waals surface area contributed by atoms with Gasteiger partial charge in [0.05, 0.1) is 16.2 Å². The second kappa shape index (κ2) is 16.0. The second-order valence-corrected chi connectivity index (χ2v) is 7.70. The molecular weight excluding hydrogens is 327 g/mol. The standard InChI is InChI=1S/C16H34O4S.K/c1-3-5-7-8-9-10-11-15(17)13-14-16(12-6-4-2)21(18,19)20;/h15-17H,3-14H2,1-2H3,(H,18,19,20);/q;+1/p-1. The molecule has 0 saturated heterocycles. The van der Waals surface area contributed by atoms with Crippen molar-refractivity contribution in [3.05, 3.63) is 0 Å². The zero-order valence-corrected chi connectivity index (χ0v) is 18.7. The number of aliphatic hydroxyl groups is 1. The fraction of sp³-hybridized carbons (Fsp3) is 1.00. The van der Waals surface area contributed by atoms with Crippen molar-refractivity contribution in [1.29, 1.82) is 0 Å². The molecule has 0 spiro atoms. The SMILES string of the molecule is CCCCCCCCC(O)CCC(CCCC)S(=O)(=O)[O-].[K+]. The average Bonchev–Trinajstić information content (AvgIpc) is 2.41. The van der Waals surface area contributed by atoms with Gasteiger partial charge >= 0.3 is 51.4 Å². The quantitative estimate of drug-likeness (QED) is 0.285. The van der Waals surface area contributed by atoms with Gasteiger partial charge in [0.15, 0.2) is 0 Å². The zero-order chi connectivity index (χ0) is 16.1. The van der Waals surface area contributed by atoms with E-state index in [4.69, 9.17) is 0 Å². The summed E-state index contributed by atoms with van der Waals surface area (Å²) in [4.78, 5) is 0. The minimum Gasteiger partial charge on any atom is -0.748 e. The number of aliphatic hydroxyl groups excluding tert-OH is 1. The summed E-state index contributed by atoms with van der Waals surface area (Å²) in [7, 11) is -4.23. The molecule has 0 aromatic heterocycles. The van der Waals surface area contributed by atoms with Gasteiger partial charge in [-0.2, -0.15) is 0 Å². The second-order valence-electron chi connectivity index (χ2n) is 6.04. The maximum absolute atomic E-state index is 11.2. The molecule has 0 heterocycles. The van der Waals surface area contributed by atoms with Crippen molar-refractivity contribution in [2.24, 2.45) is 0 Å². The summed E-state index contributed by atoms with van der Waals surface area (Å²) in [6, 6.07) is 0. The van der Waals surface area contributed by atoms with E-state index in [1.807, 2.05) is 6.92 Å². The van der Waals surface area contributed by atoms with Crippen molar-refractivity contribution in [2.75, 3.05) is 0 Å². The van der Waals surface area contributed by atoms with E-state index in [-0.39, 0.29) is 51.4 Å². The van der Waals surface area contributed by atoms with Crippen molar-refractivity contribution in [1.82, 2.24) is 0 Å². The molecule has 0 aliphatic carbocycles. The minimum absolute atomic E-state index is 0. The Hall–Kier alpha value is 1.51. The molecule has 0 aliphatic rings. The zero-order valence-electron chi connectivity index (χ0n) is 14.7. The van der Waals surface area contributed by atoms with Crippen LogP contribution in [0.5, 0.6) is 0 Å². The number of hydrogen-bond donors (Lipinski definition) is 1. The van der Waals surface area contributed by atoms with Crippen LogP contribution in [-0.4, -0.2) is 29.4 Å². The molecule has 0 aliphatic heterocycles. The molecule has 0 radical (unpaired) electrons. The first kappa shape index (κ1) is 25.7. The van der Waals surface area contributed by atoms with Crippen molar-refractivity contribution in [3.8, 4) is 0 Å². The van der Waals surface area contributed by atoms with E-state index in [0.717, 1.165) is 25.7 Å². The number of rotatable bonds is 14. The molecule has 4 nitrogen and oxygen atoms in total. The van der Waals surface area contributed by atoms with Crippen LogP contribution in [0.15, 0.2) is 0 Å². The fourth-order valence-corrected chi connectivity index (χ4v) is 3.43. The molecule has 22 heavy (non-hydrogen) atoms. The van der Waals surface area contributed by atoms with Crippen molar-refractivity contribution >= 4 is 10.1 Å². The summed E-state index contributed by atoms with van der Waals surface area (Å²) in [6.45, 7) is 4.16. The van der Waals surface area contributed by atoms with Gasteiger partial charge in [0, 0.05) is 5.25 Å². The van der Waals surface area contributed by atoms with Crippen LogP contribution in [0.2, 0.25) is 0 Å². The average molecular weight is 361 g/mol. The Morgan fingerprint density at radius 2 is 1.36 bits per heavy atom. The molecule has 1 N–H and O–H groups in total. The Bertz CT molecular complexity index is 333. The Balaban J connectivity index is 0. The third-order valence-corrected chi connectivity index (χ3v) is 5.29. The molecule has 0 amide bonds. The summed E-state index contributed by atoms with van der Waals surface area (Å²) in [5.74, 6) is 0. The van der Waals surface area contributed by atoms with Crippen LogP contribution in [-0.2, 0) is 10.1 Å². The van der Waals surface area contributed by atoms with Gasteiger partial charge < -0.3 is 9.66 Å². The first-order valence-corrected chi connectivity index (χ1v) is 10.0. The van der Waals surface area contributed by atoms with Gasteiger partial charge in [-0.05, 0) is 25.7 Å². The Labute approximate surface area is 180 Å². The van der Waals surface area contributed by atoms with E-state index in [1.54, 1.807) is 0 Å². The van der Waals surface area contributed by atoms with Gasteiger partial charge in [-0.3, -0.25) is 0 Å². The van der Waals surface area contributed by atoms with Crippen LogP contribution >= 0.6 is 0 Å². The normalized spacial score (nSPS) is 14.4. The Morgan fingerprint density at radius 1 is 0.818 bits per heavy atom. The molecule has 0 saturated carbocycles.